The predicted molar refractivity (Wildman–Crippen MR) is 152 cm³/mol. The van der Waals surface area contributed by atoms with Gasteiger partial charge >= 0.3 is 0 Å². The van der Waals surface area contributed by atoms with E-state index in [2.05, 4.69) is 53.1 Å². The van der Waals surface area contributed by atoms with Crippen LogP contribution in [0, 0.1) is 13.8 Å². The molecule has 0 radical (unpaired) electrons. The molecule has 2 heterocycles. The first-order chi connectivity index (χ1) is 17.7. The Labute approximate surface area is 233 Å². The molecule has 1 amide bonds. The van der Waals surface area contributed by atoms with Gasteiger partial charge in [0, 0.05) is 22.5 Å². The van der Waals surface area contributed by atoms with Crippen molar-refractivity contribution in [2.45, 2.75) is 38.6 Å². The summed E-state index contributed by atoms with van der Waals surface area (Å²) in [5, 5.41) is 15.4. The Hall–Kier alpha value is -2.85. The monoisotopic (exact) mass is 573 g/mol. The van der Waals surface area contributed by atoms with E-state index in [-0.39, 0.29) is 11.7 Å². The van der Waals surface area contributed by atoms with E-state index in [1.165, 1.54) is 34.2 Å². The molecule has 0 bridgehead atoms. The number of nitrogens with zero attached hydrogens (tertiary/aromatic N) is 4. The van der Waals surface area contributed by atoms with Gasteiger partial charge in [0.05, 0.1) is 16.5 Å². The zero-order valence-corrected chi connectivity index (χ0v) is 23.6. The molecule has 1 N–H and O–H groups in total. The van der Waals surface area contributed by atoms with E-state index >= 15 is 0 Å². The van der Waals surface area contributed by atoms with Crippen LogP contribution in [0.15, 0.2) is 59.6 Å². The third-order valence-electron chi connectivity index (χ3n) is 5.50. The number of carbonyl (C=O) groups is 1. The van der Waals surface area contributed by atoms with Gasteiger partial charge in [-0.2, -0.15) is 0 Å². The maximum absolute atomic E-state index is 12.7. The van der Waals surface area contributed by atoms with Crippen molar-refractivity contribution in [3.8, 4) is 17.0 Å². The number of hydrogen-bond donors (Lipinski definition) is 1. The molecule has 0 fully saturated rings. The fraction of sp³-hybridized carbons (Fsp3) is 0.231. The van der Waals surface area contributed by atoms with Gasteiger partial charge in [-0.25, -0.2) is 4.98 Å². The van der Waals surface area contributed by atoms with Crippen LogP contribution in [0.1, 0.15) is 30.0 Å². The normalized spacial score (nSPS) is 11.8. The van der Waals surface area contributed by atoms with Crippen molar-refractivity contribution in [2.75, 3.05) is 11.1 Å². The molecule has 0 saturated carbocycles. The Kier molecular flexibility index (Phi) is 8.91. The van der Waals surface area contributed by atoms with Crippen LogP contribution < -0.4 is 10.1 Å². The van der Waals surface area contributed by atoms with Gasteiger partial charge in [0.25, 0.3) is 0 Å². The number of anilines is 1. The lowest BCUT2D eigenvalue weighted by Crippen LogP contribution is -2.15. The Morgan fingerprint density at radius 1 is 1.22 bits per heavy atom. The van der Waals surface area contributed by atoms with Crippen molar-refractivity contribution in [2.24, 2.45) is 0 Å². The van der Waals surface area contributed by atoms with Gasteiger partial charge in [0.2, 0.25) is 5.91 Å². The molecule has 37 heavy (non-hydrogen) atoms. The first-order valence-corrected chi connectivity index (χ1v) is 14.0. The number of allylic oxidation sites excluding steroid dienone is 1. The minimum Gasteiger partial charge on any atom is -0.481 e. The molecule has 7 nitrogen and oxygen atoms in total. The minimum absolute atomic E-state index is 0.145. The first kappa shape index (κ1) is 27.2. The smallest absolute Gasteiger partial charge is 0.236 e. The molecule has 2 aromatic heterocycles. The van der Waals surface area contributed by atoms with Crippen molar-refractivity contribution in [3.05, 3.63) is 81.4 Å². The van der Waals surface area contributed by atoms with Crippen LogP contribution in [0.2, 0.25) is 10.0 Å². The van der Waals surface area contributed by atoms with Crippen LogP contribution in [0.5, 0.6) is 5.75 Å². The Bertz CT molecular complexity index is 1440. The van der Waals surface area contributed by atoms with Gasteiger partial charge in [0.1, 0.15) is 5.75 Å². The molecule has 0 aliphatic carbocycles. The lowest BCUT2D eigenvalue weighted by Gasteiger charge is -2.16. The van der Waals surface area contributed by atoms with E-state index in [0.717, 1.165) is 11.3 Å². The molecule has 0 aliphatic rings. The Morgan fingerprint density at radius 3 is 2.76 bits per heavy atom. The number of thiazole rings is 1. The Morgan fingerprint density at radius 2 is 2.03 bits per heavy atom. The van der Waals surface area contributed by atoms with Crippen molar-refractivity contribution >= 4 is 57.3 Å². The molecule has 192 valence electrons. The predicted octanol–water partition coefficient (Wildman–Crippen LogP) is 7.38. The van der Waals surface area contributed by atoms with Crippen LogP contribution in [-0.2, 0) is 11.3 Å². The Balaban J connectivity index is 1.40. The molecule has 1 atom stereocenters. The van der Waals surface area contributed by atoms with Crippen LogP contribution >= 0.6 is 46.3 Å². The molecule has 0 spiro atoms. The van der Waals surface area contributed by atoms with Crippen molar-refractivity contribution in [1.29, 1.82) is 0 Å². The van der Waals surface area contributed by atoms with E-state index in [4.69, 9.17) is 27.9 Å². The zero-order valence-electron chi connectivity index (χ0n) is 20.5. The highest BCUT2D eigenvalue weighted by Gasteiger charge is 2.21. The number of aryl methyl sites for hydroxylation is 2. The minimum atomic E-state index is -0.451. The summed E-state index contributed by atoms with van der Waals surface area (Å²) in [4.78, 5) is 17.2. The maximum atomic E-state index is 12.7. The maximum Gasteiger partial charge on any atom is 0.236 e. The van der Waals surface area contributed by atoms with Gasteiger partial charge in [-0.1, -0.05) is 53.2 Å². The van der Waals surface area contributed by atoms with Crippen molar-refractivity contribution < 1.29 is 9.53 Å². The number of amides is 1. The number of benzene rings is 2. The average Bonchev–Trinajstić information content (AvgIpc) is 3.49. The molecule has 4 aromatic rings. The summed E-state index contributed by atoms with van der Waals surface area (Å²) < 4.78 is 7.86. The SMILES string of the molecule is C=CCn1c(SCC(=O)Nc2nc(-c3ccc(C)c(C)c3)cs2)nnc1C(C)Oc1ccc(Cl)cc1Cl. The number of carbonyl (C=O) groups excluding carboxylic acids is 1. The standard InChI is InChI=1S/C26H25Cl2N5O2S2/c1-5-10-33-24(17(4)35-22-9-8-19(27)12-20(22)28)31-32-26(33)37-14-23(34)30-25-29-21(13-36-25)18-7-6-15(2)16(3)11-18/h5-9,11-13,17H,1,10,14H2,2-4H3,(H,29,30,34). The van der Waals surface area contributed by atoms with E-state index in [9.17, 15) is 4.79 Å². The molecule has 11 heteroatoms. The highest BCUT2D eigenvalue weighted by molar-refractivity contribution is 7.99. The number of nitrogens with one attached hydrogen (secondary N) is 1. The van der Waals surface area contributed by atoms with Gasteiger partial charge in [-0.3, -0.25) is 9.36 Å². The third kappa shape index (κ3) is 6.73. The van der Waals surface area contributed by atoms with Gasteiger partial charge in [-0.15, -0.1) is 28.1 Å². The van der Waals surface area contributed by atoms with Crippen LogP contribution in [0.25, 0.3) is 11.3 Å². The van der Waals surface area contributed by atoms with Gasteiger partial charge in [0.15, 0.2) is 22.2 Å². The number of halogens is 2. The summed E-state index contributed by atoms with van der Waals surface area (Å²) >= 11 is 14.9. The number of ether oxygens (including phenoxy) is 1. The van der Waals surface area contributed by atoms with Crippen molar-refractivity contribution in [3.63, 3.8) is 0 Å². The lowest BCUT2D eigenvalue weighted by molar-refractivity contribution is -0.113. The summed E-state index contributed by atoms with van der Waals surface area (Å²) in [6.07, 6.45) is 1.29. The second-order valence-electron chi connectivity index (χ2n) is 8.25. The van der Waals surface area contributed by atoms with Gasteiger partial charge in [-0.05, 0) is 56.2 Å². The number of rotatable bonds is 10. The molecular formula is C26H25Cl2N5O2S2. The molecule has 1 unspecified atom stereocenters. The number of hydrogen-bond acceptors (Lipinski definition) is 7. The first-order valence-electron chi connectivity index (χ1n) is 11.4. The summed E-state index contributed by atoms with van der Waals surface area (Å²) in [6.45, 7) is 10.3. The molecule has 0 aliphatic heterocycles. The van der Waals surface area contributed by atoms with E-state index in [1.807, 2.05) is 22.9 Å². The fourth-order valence-electron chi connectivity index (χ4n) is 3.47. The largest absolute Gasteiger partial charge is 0.481 e. The van der Waals surface area contributed by atoms with Crippen LogP contribution in [0.4, 0.5) is 5.13 Å². The van der Waals surface area contributed by atoms with E-state index in [0.29, 0.717) is 38.5 Å². The summed E-state index contributed by atoms with van der Waals surface area (Å²) in [5.41, 5.74) is 4.29. The summed E-state index contributed by atoms with van der Waals surface area (Å²) in [6, 6.07) is 11.2. The second kappa shape index (κ2) is 12.1. The average molecular weight is 575 g/mol. The quantitative estimate of drug-likeness (QED) is 0.157. The summed E-state index contributed by atoms with van der Waals surface area (Å²) in [7, 11) is 0. The molecule has 4 rings (SSSR count). The topological polar surface area (TPSA) is 81.9 Å². The van der Waals surface area contributed by atoms with E-state index < -0.39 is 6.10 Å². The van der Waals surface area contributed by atoms with E-state index in [1.54, 1.807) is 24.3 Å². The molecule has 0 saturated heterocycles. The third-order valence-corrected chi connectivity index (χ3v) is 7.76. The van der Waals surface area contributed by atoms with Crippen LogP contribution in [-0.4, -0.2) is 31.4 Å². The van der Waals surface area contributed by atoms with Gasteiger partial charge < -0.3 is 10.1 Å². The number of aromatic nitrogens is 4. The molecule has 2 aromatic carbocycles. The second-order valence-corrected chi connectivity index (χ2v) is 10.9. The fourth-order valence-corrected chi connectivity index (χ4v) is 5.42. The summed E-state index contributed by atoms with van der Waals surface area (Å²) in [5.74, 6) is 1.04. The molecular weight excluding hydrogens is 549 g/mol. The van der Waals surface area contributed by atoms with Crippen molar-refractivity contribution in [1.82, 2.24) is 19.7 Å². The zero-order chi connectivity index (χ0) is 26.5. The van der Waals surface area contributed by atoms with Crippen LogP contribution in [0.3, 0.4) is 0 Å². The highest BCUT2D eigenvalue weighted by Crippen LogP contribution is 2.32. The number of thioether (sulfide) groups is 1. The highest BCUT2D eigenvalue weighted by atomic mass is 35.5. The lowest BCUT2D eigenvalue weighted by atomic mass is 10.1.